The number of ether oxygens (including phenoxy) is 2. The van der Waals surface area contributed by atoms with Crippen LogP contribution >= 0.6 is 0 Å². The molecule has 0 radical (unpaired) electrons. The summed E-state index contributed by atoms with van der Waals surface area (Å²) in [5.74, 6) is -1.00. The molecule has 4 nitrogen and oxygen atoms in total. The average molecular weight is 398 g/mol. The van der Waals surface area contributed by atoms with Crippen LogP contribution in [0.2, 0.25) is 0 Å². The Bertz CT molecular complexity index is 964. The summed E-state index contributed by atoms with van der Waals surface area (Å²) in [4.78, 5) is 24.7. The summed E-state index contributed by atoms with van der Waals surface area (Å²) in [6, 6.07) is 21.4. The third-order valence-corrected chi connectivity index (χ3v) is 4.50. The van der Waals surface area contributed by atoms with Gasteiger partial charge in [0.15, 0.2) is 0 Å². The SMILES string of the molecule is C=Cc1ccc(COC(=O)c2cccc(C(=O)OCc3ccc(C=C)cc3)c2)cc1. The first-order valence-corrected chi connectivity index (χ1v) is 9.46. The molecule has 0 unspecified atom stereocenters. The summed E-state index contributed by atoms with van der Waals surface area (Å²) in [7, 11) is 0. The molecule has 3 rings (SSSR count). The summed E-state index contributed by atoms with van der Waals surface area (Å²) in [6.45, 7) is 7.70. The molecule has 0 saturated carbocycles. The average Bonchev–Trinajstić information content (AvgIpc) is 2.81. The quantitative estimate of drug-likeness (QED) is 0.458. The third kappa shape index (κ3) is 5.55. The number of benzene rings is 3. The van der Waals surface area contributed by atoms with Crippen LogP contribution in [0.25, 0.3) is 12.2 Å². The van der Waals surface area contributed by atoms with Crippen LogP contribution in [0.15, 0.2) is 86.0 Å². The van der Waals surface area contributed by atoms with Crippen LogP contribution in [0.4, 0.5) is 0 Å². The normalized spacial score (nSPS) is 10.1. The van der Waals surface area contributed by atoms with E-state index >= 15 is 0 Å². The summed E-state index contributed by atoms with van der Waals surface area (Å²) in [6.07, 6.45) is 3.49. The van der Waals surface area contributed by atoms with Crippen molar-refractivity contribution in [2.75, 3.05) is 0 Å². The second-order valence-electron chi connectivity index (χ2n) is 6.62. The van der Waals surface area contributed by atoms with Crippen LogP contribution in [-0.4, -0.2) is 11.9 Å². The van der Waals surface area contributed by atoms with Crippen molar-refractivity contribution in [3.05, 3.63) is 119 Å². The Morgan fingerprint density at radius 2 is 1.07 bits per heavy atom. The highest BCUT2D eigenvalue weighted by Crippen LogP contribution is 2.13. The van der Waals surface area contributed by atoms with Crippen molar-refractivity contribution in [2.45, 2.75) is 13.2 Å². The van der Waals surface area contributed by atoms with Crippen molar-refractivity contribution in [1.82, 2.24) is 0 Å². The summed E-state index contributed by atoms with van der Waals surface area (Å²) in [5, 5.41) is 0. The summed E-state index contributed by atoms with van der Waals surface area (Å²) >= 11 is 0. The van der Waals surface area contributed by atoms with E-state index in [9.17, 15) is 9.59 Å². The van der Waals surface area contributed by atoms with Crippen LogP contribution in [0.1, 0.15) is 43.0 Å². The number of hydrogen-bond donors (Lipinski definition) is 0. The van der Waals surface area contributed by atoms with E-state index in [1.165, 1.54) is 6.07 Å². The Labute approximate surface area is 176 Å². The minimum atomic E-state index is -0.502. The molecule has 0 fully saturated rings. The van der Waals surface area contributed by atoms with E-state index in [1.807, 2.05) is 48.5 Å². The van der Waals surface area contributed by atoms with Gasteiger partial charge in [0.25, 0.3) is 0 Å². The molecule has 3 aromatic carbocycles. The molecule has 150 valence electrons. The molecule has 4 heteroatoms. The van der Waals surface area contributed by atoms with Crippen LogP contribution in [0.5, 0.6) is 0 Å². The number of rotatable bonds is 8. The van der Waals surface area contributed by atoms with Crippen LogP contribution in [0, 0.1) is 0 Å². The van der Waals surface area contributed by atoms with E-state index in [-0.39, 0.29) is 13.2 Å². The van der Waals surface area contributed by atoms with E-state index in [4.69, 9.17) is 9.47 Å². The zero-order valence-electron chi connectivity index (χ0n) is 16.5. The van der Waals surface area contributed by atoms with Gasteiger partial charge in [-0.2, -0.15) is 0 Å². The minimum absolute atomic E-state index is 0.144. The minimum Gasteiger partial charge on any atom is -0.457 e. The summed E-state index contributed by atoms with van der Waals surface area (Å²) < 4.78 is 10.7. The molecule has 0 saturated heterocycles. The Balaban J connectivity index is 1.57. The van der Waals surface area contributed by atoms with Crippen LogP contribution in [-0.2, 0) is 22.7 Å². The fourth-order valence-electron chi connectivity index (χ4n) is 2.74. The Kier molecular flexibility index (Phi) is 6.95. The molecule has 0 aliphatic heterocycles. The molecule has 0 aliphatic carbocycles. The highest BCUT2D eigenvalue weighted by molar-refractivity contribution is 5.95. The fourth-order valence-corrected chi connectivity index (χ4v) is 2.74. The van der Waals surface area contributed by atoms with Gasteiger partial charge in [-0.3, -0.25) is 0 Å². The van der Waals surface area contributed by atoms with Gasteiger partial charge < -0.3 is 9.47 Å². The smallest absolute Gasteiger partial charge is 0.338 e. The molecule has 0 N–H and O–H groups in total. The lowest BCUT2D eigenvalue weighted by Crippen LogP contribution is -2.09. The van der Waals surface area contributed by atoms with E-state index in [0.717, 1.165) is 22.3 Å². The van der Waals surface area contributed by atoms with Crippen molar-refractivity contribution in [3.63, 3.8) is 0 Å². The lowest BCUT2D eigenvalue weighted by molar-refractivity contribution is 0.0470. The van der Waals surface area contributed by atoms with Gasteiger partial charge in [-0.05, 0) is 40.5 Å². The second kappa shape index (κ2) is 10.0. The van der Waals surface area contributed by atoms with Gasteiger partial charge in [-0.1, -0.05) is 79.9 Å². The monoisotopic (exact) mass is 398 g/mol. The van der Waals surface area contributed by atoms with Gasteiger partial charge >= 0.3 is 11.9 Å². The number of esters is 2. The molecule has 3 aromatic rings. The first-order valence-electron chi connectivity index (χ1n) is 9.46. The maximum Gasteiger partial charge on any atom is 0.338 e. The predicted octanol–water partition coefficient (Wildman–Crippen LogP) is 5.69. The number of hydrogen-bond acceptors (Lipinski definition) is 4. The molecule has 0 aromatic heterocycles. The summed E-state index contributed by atoms with van der Waals surface area (Å²) in [5.41, 5.74) is 4.31. The fraction of sp³-hybridized carbons (Fsp3) is 0.0769. The van der Waals surface area contributed by atoms with Crippen LogP contribution < -0.4 is 0 Å². The lowest BCUT2D eigenvalue weighted by atomic mass is 10.1. The van der Waals surface area contributed by atoms with Crippen LogP contribution in [0.3, 0.4) is 0 Å². The largest absolute Gasteiger partial charge is 0.457 e. The van der Waals surface area contributed by atoms with Crippen molar-refractivity contribution < 1.29 is 19.1 Å². The van der Waals surface area contributed by atoms with Gasteiger partial charge in [0.05, 0.1) is 11.1 Å². The molecular weight excluding hydrogens is 376 g/mol. The van der Waals surface area contributed by atoms with E-state index in [2.05, 4.69) is 13.2 Å². The van der Waals surface area contributed by atoms with Crippen molar-refractivity contribution >= 4 is 24.1 Å². The number of carbonyl (C=O) groups is 2. The van der Waals surface area contributed by atoms with E-state index in [0.29, 0.717) is 11.1 Å². The molecule has 0 amide bonds. The predicted molar refractivity (Wildman–Crippen MR) is 118 cm³/mol. The Morgan fingerprint density at radius 3 is 1.43 bits per heavy atom. The van der Waals surface area contributed by atoms with Gasteiger partial charge in [0.1, 0.15) is 13.2 Å². The standard InChI is InChI=1S/C26H22O4/c1-3-19-8-12-21(13-9-19)17-29-25(27)23-6-5-7-24(16-23)26(28)30-18-22-14-10-20(4-2)11-15-22/h3-16H,1-2,17-18H2. The van der Waals surface area contributed by atoms with Crippen molar-refractivity contribution in [2.24, 2.45) is 0 Å². The zero-order chi connectivity index (χ0) is 21.3. The zero-order valence-corrected chi connectivity index (χ0v) is 16.5. The van der Waals surface area contributed by atoms with Gasteiger partial charge in [0.2, 0.25) is 0 Å². The first-order chi connectivity index (χ1) is 14.6. The topological polar surface area (TPSA) is 52.6 Å². The highest BCUT2D eigenvalue weighted by Gasteiger charge is 2.13. The van der Waals surface area contributed by atoms with E-state index < -0.39 is 11.9 Å². The first kappa shape index (κ1) is 20.8. The third-order valence-electron chi connectivity index (χ3n) is 4.50. The molecule has 0 heterocycles. The highest BCUT2D eigenvalue weighted by atomic mass is 16.5. The molecule has 0 bridgehead atoms. The molecule has 0 spiro atoms. The maximum atomic E-state index is 12.4. The van der Waals surface area contributed by atoms with Gasteiger partial charge in [-0.15, -0.1) is 0 Å². The number of carbonyl (C=O) groups excluding carboxylic acids is 2. The molecular formula is C26H22O4. The Morgan fingerprint density at radius 1 is 0.667 bits per heavy atom. The lowest BCUT2D eigenvalue weighted by Gasteiger charge is -2.08. The van der Waals surface area contributed by atoms with Gasteiger partial charge in [-0.25, -0.2) is 9.59 Å². The second-order valence-corrected chi connectivity index (χ2v) is 6.62. The van der Waals surface area contributed by atoms with Gasteiger partial charge in [0, 0.05) is 0 Å². The van der Waals surface area contributed by atoms with Crippen molar-refractivity contribution in [1.29, 1.82) is 0 Å². The Hall–Kier alpha value is -3.92. The van der Waals surface area contributed by atoms with E-state index in [1.54, 1.807) is 30.4 Å². The molecule has 0 aliphatic rings. The van der Waals surface area contributed by atoms with Crippen molar-refractivity contribution in [3.8, 4) is 0 Å². The maximum absolute atomic E-state index is 12.4. The molecule has 30 heavy (non-hydrogen) atoms. The molecule has 0 atom stereocenters.